The number of benzene rings is 1. The molecule has 4 heteroatoms. The number of likely N-dealkylation sites (tertiary alicyclic amines) is 1. The fourth-order valence-corrected chi connectivity index (χ4v) is 3.39. The average Bonchev–Trinajstić information content (AvgIpc) is 2.93. The third-order valence-corrected chi connectivity index (χ3v) is 4.79. The minimum absolute atomic E-state index is 0.349. The van der Waals surface area contributed by atoms with Crippen molar-refractivity contribution in [3.63, 3.8) is 0 Å². The molecule has 21 heavy (non-hydrogen) atoms. The Morgan fingerprint density at radius 2 is 2.14 bits per heavy atom. The highest BCUT2D eigenvalue weighted by Crippen LogP contribution is 2.26. The van der Waals surface area contributed by atoms with Gasteiger partial charge in [0.15, 0.2) is 0 Å². The molecule has 118 valence electrons. The Labute approximate surface area is 134 Å². The highest BCUT2D eigenvalue weighted by Gasteiger charge is 2.24. The van der Waals surface area contributed by atoms with E-state index in [4.69, 9.17) is 11.6 Å². The zero-order valence-corrected chi connectivity index (χ0v) is 14.2. The second-order valence-electron chi connectivity index (χ2n) is 6.13. The van der Waals surface area contributed by atoms with Crippen LogP contribution in [0, 0.1) is 0 Å². The molecule has 0 spiro atoms. The molecule has 0 aromatic heterocycles. The first-order valence-electron chi connectivity index (χ1n) is 7.98. The van der Waals surface area contributed by atoms with Crippen molar-refractivity contribution < 1.29 is 0 Å². The Bertz CT molecular complexity index is 436. The van der Waals surface area contributed by atoms with Gasteiger partial charge in [-0.15, -0.1) is 0 Å². The first-order chi connectivity index (χ1) is 10.1. The van der Waals surface area contributed by atoms with Crippen LogP contribution in [0.1, 0.15) is 31.4 Å². The standard InChI is InChI=1S/C17H28ClN3/c1-4-19-17(15-7-5-6-8-16(15)18)10-12-21-11-9-14(13-21)20(2)3/h5-8,14,17,19H,4,9-13H2,1-3H3. The lowest BCUT2D eigenvalue weighted by molar-refractivity contribution is 0.260. The van der Waals surface area contributed by atoms with Crippen molar-refractivity contribution in [1.82, 2.24) is 15.1 Å². The normalized spacial score (nSPS) is 21.1. The number of likely N-dealkylation sites (N-methyl/N-ethyl adjacent to an activating group) is 1. The first kappa shape index (κ1) is 16.8. The van der Waals surface area contributed by atoms with Crippen LogP contribution in [0.3, 0.4) is 0 Å². The smallest absolute Gasteiger partial charge is 0.0453 e. The van der Waals surface area contributed by atoms with Crippen LogP contribution in [-0.2, 0) is 0 Å². The van der Waals surface area contributed by atoms with Crippen molar-refractivity contribution in [3.8, 4) is 0 Å². The van der Waals surface area contributed by atoms with Gasteiger partial charge in [0.05, 0.1) is 0 Å². The van der Waals surface area contributed by atoms with Crippen LogP contribution in [-0.4, -0.2) is 56.1 Å². The Morgan fingerprint density at radius 1 is 1.38 bits per heavy atom. The summed E-state index contributed by atoms with van der Waals surface area (Å²) in [6.07, 6.45) is 2.39. The third-order valence-electron chi connectivity index (χ3n) is 4.44. The van der Waals surface area contributed by atoms with Crippen LogP contribution < -0.4 is 5.32 Å². The van der Waals surface area contributed by atoms with Crippen LogP contribution in [0.5, 0.6) is 0 Å². The molecule has 2 unspecified atom stereocenters. The molecule has 1 aliphatic rings. The van der Waals surface area contributed by atoms with E-state index in [0.29, 0.717) is 12.1 Å². The summed E-state index contributed by atoms with van der Waals surface area (Å²) in [5.41, 5.74) is 1.23. The molecule has 2 atom stereocenters. The lowest BCUT2D eigenvalue weighted by Crippen LogP contribution is -2.33. The molecular weight excluding hydrogens is 282 g/mol. The van der Waals surface area contributed by atoms with Crippen LogP contribution >= 0.6 is 11.6 Å². The van der Waals surface area contributed by atoms with Crippen LogP contribution in [0.15, 0.2) is 24.3 Å². The van der Waals surface area contributed by atoms with Gasteiger partial charge in [0.2, 0.25) is 0 Å². The highest BCUT2D eigenvalue weighted by atomic mass is 35.5. The molecule has 1 aliphatic heterocycles. The summed E-state index contributed by atoms with van der Waals surface area (Å²) in [5.74, 6) is 0. The zero-order chi connectivity index (χ0) is 15.2. The van der Waals surface area contributed by atoms with Gasteiger partial charge in [0, 0.05) is 30.2 Å². The number of nitrogens with one attached hydrogen (secondary N) is 1. The lowest BCUT2D eigenvalue weighted by atomic mass is 10.0. The van der Waals surface area contributed by atoms with Gasteiger partial charge in [-0.05, 0) is 51.7 Å². The fraction of sp³-hybridized carbons (Fsp3) is 0.647. The largest absolute Gasteiger partial charge is 0.310 e. The fourth-order valence-electron chi connectivity index (χ4n) is 3.12. The van der Waals surface area contributed by atoms with Crippen LogP contribution in [0.4, 0.5) is 0 Å². The molecule has 0 aliphatic carbocycles. The summed E-state index contributed by atoms with van der Waals surface area (Å²) in [4.78, 5) is 4.92. The van der Waals surface area contributed by atoms with Gasteiger partial charge >= 0.3 is 0 Å². The van der Waals surface area contributed by atoms with Crippen LogP contribution in [0.2, 0.25) is 5.02 Å². The maximum atomic E-state index is 6.35. The van der Waals surface area contributed by atoms with Gasteiger partial charge in [-0.25, -0.2) is 0 Å². The molecule has 1 fully saturated rings. The van der Waals surface area contributed by atoms with Crippen LogP contribution in [0.25, 0.3) is 0 Å². The Kier molecular flexibility index (Phi) is 6.49. The first-order valence-corrected chi connectivity index (χ1v) is 8.36. The SMILES string of the molecule is CCNC(CCN1CCC(N(C)C)C1)c1ccccc1Cl. The number of hydrogen-bond acceptors (Lipinski definition) is 3. The highest BCUT2D eigenvalue weighted by molar-refractivity contribution is 6.31. The van der Waals surface area contributed by atoms with E-state index in [9.17, 15) is 0 Å². The minimum Gasteiger partial charge on any atom is -0.310 e. The van der Waals surface area contributed by atoms with Crippen molar-refractivity contribution in [3.05, 3.63) is 34.9 Å². The maximum Gasteiger partial charge on any atom is 0.0453 e. The van der Waals surface area contributed by atoms with Crippen molar-refractivity contribution in [2.75, 3.05) is 40.3 Å². The molecule has 0 saturated carbocycles. The molecule has 0 amide bonds. The topological polar surface area (TPSA) is 18.5 Å². The van der Waals surface area contributed by atoms with E-state index in [-0.39, 0.29) is 0 Å². The summed E-state index contributed by atoms with van der Waals surface area (Å²) in [6, 6.07) is 9.26. The van der Waals surface area contributed by atoms with Crippen molar-refractivity contribution in [1.29, 1.82) is 0 Å². The molecule has 1 aromatic carbocycles. The predicted molar refractivity (Wildman–Crippen MR) is 91.0 cm³/mol. The summed E-state index contributed by atoms with van der Waals surface area (Å²) < 4.78 is 0. The molecule has 0 bridgehead atoms. The molecule has 2 rings (SSSR count). The Balaban J connectivity index is 1.91. The van der Waals surface area contributed by atoms with Crippen molar-refractivity contribution >= 4 is 11.6 Å². The van der Waals surface area contributed by atoms with E-state index in [0.717, 1.165) is 24.5 Å². The predicted octanol–water partition coefficient (Wildman–Crippen LogP) is 3.02. The second-order valence-corrected chi connectivity index (χ2v) is 6.53. The third kappa shape index (κ3) is 4.68. The second kappa shape index (κ2) is 8.14. The van der Waals surface area contributed by atoms with Gasteiger partial charge in [-0.1, -0.05) is 36.7 Å². The monoisotopic (exact) mass is 309 g/mol. The van der Waals surface area contributed by atoms with E-state index in [1.165, 1.54) is 25.1 Å². The van der Waals surface area contributed by atoms with E-state index in [2.05, 4.69) is 48.3 Å². The molecule has 0 radical (unpaired) electrons. The van der Waals surface area contributed by atoms with Gasteiger partial charge in [0.25, 0.3) is 0 Å². The van der Waals surface area contributed by atoms with E-state index >= 15 is 0 Å². The summed E-state index contributed by atoms with van der Waals surface area (Å²) in [6.45, 7) is 6.66. The lowest BCUT2D eigenvalue weighted by Gasteiger charge is -2.24. The number of rotatable bonds is 7. The van der Waals surface area contributed by atoms with Crippen molar-refractivity contribution in [2.45, 2.75) is 31.8 Å². The zero-order valence-electron chi connectivity index (χ0n) is 13.5. The van der Waals surface area contributed by atoms with Crippen molar-refractivity contribution in [2.24, 2.45) is 0 Å². The van der Waals surface area contributed by atoms with E-state index in [1.807, 2.05) is 12.1 Å². The number of hydrogen-bond donors (Lipinski definition) is 1. The maximum absolute atomic E-state index is 6.35. The van der Waals surface area contributed by atoms with E-state index in [1.54, 1.807) is 0 Å². The average molecular weight is 310 g/mol. The van der Waals surface area contributed by atoms with E-state index < -0.39 is 0 Å². The summed E-state index contributed by atoms with van der Waals surface area (Å²) >= 11 is 6.35. The minimum atomic E-state index is 0.349. The number of halogens is 1. The summed E-state index contributed by atoms with van der Waals surface area (Å²) in [5, 5.41) is 4.45. The quantitative estimate of drug-likeness (QED) is 0.835. The Morgan fingerprint density at radius 3 is 2.76 bits per heavy atom. The molecular formula is C17H28ClN3. The molecule has 1 aromatic rings. The van der Waals surface area contributed by atoms with Gasteiger partial charge in [-0.2, -0.15) is 0 Å². The van der Waals surface area contributed by atoms with Gasteiger partial charge in [0.1, 0.15) is 0 Å². The molecule has 1 N–H and O–H groups in total. The van der Waals surface area contributed by atoms with Gasteiger partial charge < -0.3 is 15.1 Å². The molecule has 3 nitrogen and oxygen atoms in total. The molecule has 1 heterocycles. The molecule has 1 saturated heterocycles. The Hall–Kier alpha value is -0.610. The van der Waals surface area contributed by atoms with Gasteiger partial charge in [-0.3, -0.25) is 0 Å². The summed E-state index contributed by atoms with van der Waals surface area (Å²) in [7, 11) is 4.36. The number of nitrogens with zero attached hydrogens (tertiary/aromatic N) is 2.